The van der Waals surface area contributed by atoms with E-state index >= 15 is 0 Å². The molecule has 1 heterocycles. The van der Waals surface area contributed by atoms with Crippen molar-refractivity contribution in [2.24, 2.45) is 0 Å². The molecule has 0 bridgehead atoms. The Kier molecular flexibility index (Phi) is 5.21. The summed E-state index contributed by atoms with van der Waals surface area (Å²) in [6, 6.07) is 7.06. The number of nitrogens with zero attached hydrogens (tertiary/aromatic N) is 1. The van der Waals surface area contributed by atoms with Crippen molar-refractivity contribution in [3.63, 3.8) is 0 Å². The maximum absolute atomic E-state index is 12.4. The van der Waals surface area contributed by atoms with Crippen LogP contribution < -0.4 is 10.2 Å². The Bertz CT molecular complexity index is 626. The topological polar surface area (TPSA) is 69.6 Å². The SMILES string of the molecule is C=C(C[C@@]1(O)C(=O)N(C)c2ccccc21)C(=O)NCCCCC. The first-order valence-corrected chi connectivity index (χ1v) is 7.97. The van der Waals surface area contributed by atoms with E-state index in [0.717, 1.165) is 19.3 Å². The van der Waals surface area contributed by atoms with Gasteiger partial charge in [0.2, 0.25) is 5.91 Å². The van der Waals surface area contributed by atoms with Crippen molar-refractivity contribution in [2.45, 2.75) is 38.2 Å². The summed E-state index contributed by atoms with van der Waals surface area (Å²) in [5.74, 6) is -0.743. The molecule has 5 nitrogen and oxygen atoms in total. The van der Waals surface area contributed by atoms with Gasteiger partial charge in [0, 0.05) is 31.1 Å². The van der Waals surface area contributed by atoms with E-state index in [1.54, 1.807) is 25.2 Å². The van der Waals surface area contributed by atoms with Crippen LogP contribution in [0, 0.1) is 0 Å². The molecule has 124 valence electrons. The molecule has 0 aromatic heterocycles. The monoisotopic (exact) mass is 316 g/mol. The lowest BCUT2D eigenvalue weighted by Gasteiger charge is -2.22. The van der Waals surface area contributed by atoms with E-state index in [1.165, 1.54) is 4.90 Å². The smallest absolute Gasteiger partial charge is 0.263 e. The summed E-state index contributed by atoms with van der Waals surface area (Å²) in [6.45, 7) is 6.42. The average Bonchev–Trinajstić information content (AvgIpc) is 2.74. The van der Waals surface area contributed by atoms with Crippen molar-refractivity contribution in [3.8, 4) is 0 Å². The van der Waals surface area contributed by atoms with Gasteiger partial charge in [0.05, 0.1) is 5.69 Å². The minimum Gasteiger partial charge on any atom is -0.375 e. The lowest BCUT2D eigenvalue weighted by molar-refractivity contribution is -0.136. The Morgan fingerprint density at radius 2 is 2.04 bits per heavy atom. The first-order valence-electron chi connectivity index (χ1n) is 7.97. The average molecular weight is 316 g/mol. The van der Waals surface area contributed by atoms with Gasteiger partial charge in [-0.1, -0.05) is 44.5 Å². The number of unbranched alkanes of at least 4 members (excludes halogenated alkanes) is 2. The quantitative estimate of drug-likeness (QED) is 0.598. The minimum absolute atomic E-state index is 0.104. The molecule has 0 fully saturated rings. The summed E-state index contributed by atoms with van der Waals surface area (Å²) in [7, 11) is 1.62. The van der Waals surface area contributed by atoms with Crippen LogP contribution in [0.3, 0.4) is 0 Å². The van der Waals surface area contributed by atoms with Crippen molar-refractivity contribution in [1.82, 2.24) is 5.32 Å². The molecule has 0 unspecified atom stereocenters. The Labute approximate surface area is 137 Å². The molecular weight excluding hydrogens is 292 g/mol. The molecule has 0 aliphatic carbocycles. The molecule has 1 atom stereocenters. The first-order chi connectivity index (χ1) is 10.9. The number of hydrogen-bond acceptors (Lipinski definition) is 3. The van der Waals surface area contributed by atoms with Crippen LogP contribution in [0.15, 0.2) is 36.4 Å². The lowest BCUT2D eigenvalue weighted by atomic mass is 9.88. The van der Waals surface area contributed by atoms with Gasteiger partial charge in [0.15, 0.2) is 5.60 Å². The summed E-state index contributed by atoms with van der Waals surface area (Å²) in [5.41, 5.74) is -0.325. The van der Waals surface area contributed by atoms with Gasteiger partial charge < -0.3 is 15.3 Å². The predicted molar refractivity (Wildman–Crippen MR) is 90.0 cm³/mol. The molecule has 1 aliphatic heterocycles. The molecule has 2 amide bonds. The van der Waals surface area contributed by atoms with Crippen molar-refractivity contribution in [2.75, 3.05) is 18.5 Å². The molecule has 1 aliphatic rings. The third-order valence-electron chi connectivity index (χ3n) is 4.23. The summed E-state index contributed by atoms with van der Waals surface area (Å²) >= 11 is 0. The van der Waals surface area contributed by atoms with Crippen LogP contribution >= 0.6 is 0 Å². The molecule has 0 saturated carbocycles. The number of carbonyl (C=O) groups excluding carboxylic acids is 2. The lowest BCUT2D eigenvalue weighted by Crippen LogP contribution is -2.40. The third-order valence-corrected chi connectivity index (χ3v) is 4.23. The zero-order valence-electron chi connectivity index (χ0n) is 13.8. The summed E-state index contributed by atoms with van der Waals surface area (Å²) in [6.07, 6.45) is 2.93. The molecule has 0 radical (unpaired) electrons. The Hall–Kier alpha value is -2.14. The zero-order chi connectivity index (χ0) is 17.0. The largest absolute Gasteiger partial charge is 0.375 e. The third kappa shape index (κ3) is 3.29. The van der Waals surface area contributed by atoms with Crippen LogP contribution in [-0.4, -0.2) is 30.5 Å². The second-order valence-electron chi connectivity index (χ2n) is 5.98. The fourth-order valence-electron chi connectivity index (χ4n) is 2.88. The van der Waals surface area contributed by atoms with Gasteiger partial charge in [-0.15, -0.1) is 0 Å². The van der Waals surface area contributed by atoms with Gasteiger partial charge in [-0.25, -0.2) is 0 Å². The fraction of sp³-hybridized carbons (Fsp3) is 0.444. The predicted octanol–water partition coefficient (Wildman–Crippen LogP) is 2.10. The van der Waals surface area contributed by atoms with Gasteiger partial charge in [0.25, 0.3) is 5.91 Å². The second kappa shape index (κ2) is 6.96. The normalized spacial score (nSPS) is 19.6. The number of nitrogens with one attached hydrogen (secondary N) is 1. The highest BCUT2D eigenvalue weighted by molar-refractivity contribution is 6.07. The van der Waals surface area contributed by atoms with Gasteiger partial charge in [-0.05, 0) is 12.5 Å². The molecule has 0 spiro atoms. The fourth-order valence-corrected chi connectivity index (χ4v) is 2.88. The van der Waals surface area contributed by atoms with Crippen molar-refractivity contribution in [3.05, 3.63) is 42.0 Å². The number of hydrogen-bond donors (Lipinski definition) is 2. The molecule has 1 aromatic rings. The van der Waals surface area contributed by atoms with Gasteiger partial charge in [0.1, 0.15) is 0 Å². The zero-order valence-corrected chi connectivity index (χ0v) is 13.8. The highest BCUT2D eigenvalue weighted by atomic mass is 16.3. The van der Waals surface area contributed by atoms with Crippen molar-refractivity contribution < 1.29 is 14.7 Å². The van der Waals surface area contributed by atoms with E-state index in [2.05, 4.69) is 18.8 Å². The van der Waals surface area contributed by atoms with E-state index in [1.807, 2.05) is 6.07 Å². The van der Waals surface area contributed by atoms with Crippen LogP contribution in [0.1, 0.15) is 38.2 Å². The number of likely N-dealkylation sites (N-methyl/N-ethyl adjacent to an activating group) is 1. The maximum atomic E-state index is 12.4. The minimum atomic E-state index is -1.72. The van der Waals surface area contributed by atoms with Gasteiger partial charge in [-0.2, -0.15) is 0 Å². The molecule has 2 N–H and O–H groups in total. The Morgan fingerprint density at radius 3 is 2.74 bits per heavy atom. The molecular formula is C18H24N2O3. The van der Waals surface area contributed by atoms with Crippen molar-refractivity contribution >= 4 is 17.5 Å². The number of aliphatic hydroxyl groups is 1. The number of rotatable bonds is 7. The molecule has 0 saturated heterocycles. The van der Waals surface area contributed by atoms with Crippen LogP contribution in [0.4, 0.5) is 5.69 Å². The molecule has 23 heavy (non-hydrogen) atoms. The van der Waals surface area contributed by atoms with Gasteiger partial charge in [-0.3, -0.25) is 9.59 Å². The molecule has 1 aromatic carbocycles. The van der Waals surface area contributed by atoms with E-state index in [4.69, 9.17) is 0 Å². The summed E-state index contributed by atoms with van der Waals surface area (Å²) in [5, 5.41) is 13.7. The number of amides is 2. The van der Waals surface area contributed by atoms with Crippen LogP contribution in [-0.2, 0) is 15.2 Å². The first kappa shape index (κ1) is 17.2. The van der Waals surface area contributed by atoms with E-state index in [9.17, 15) is 14.7 Å². The number of carbonyl (C=O) groups is 2. The van der Waals surface area contributed by atoms with Gasteiger partial charge >= 0.3 is 0 Å². The van der Waals surface area contributed by atoms with E-state index < -0.39 is 11.5 Å². The van der Waals surface area contributed by atoms with E-state index in [0.29, 0.717) is 17.8 Å². The Morgan fingerprint density at radius 1 is 1.35 bits per heavy atom. The highest BCUT2D eigenvalue weighted by Crippen LogP contribution is 2.42. The number of benzene rings is 1. The standard InChI is InChI=1S/C18H24N2O3/c1-4-5-8-11-19-16(21)13(2)12-18(23)14-9-6-7-10-15(14)20(3)17(18)22/h6-7,9-10,23H,2,4-5,8,11-12H2,1,3H3,(H,19,21)/t18-/m0/s1. The number of fused-ring (bicyclic) bond motifs is 1. The Balaban J connectivity index is 2.08. The summed E-state index contributed by atoms with van der Waals surface area (Å²) in [4.78, 5) is 26.0. The van der Waals surface area contributed by atoms with Crippen molar-refractivity contribution in [1.29, 1.82) is 0 Å². The van der Waals surface area contributed by atoms with Crippen LogP contribution in [0.5, 0.6) is 0 Å². The van der Waals surface area contributed by atoms with E-state index in [-0.39, 0.29) is 17.9 Å². The molecule has 5 heteroatoms. The van der Waals surface area contributed by atoms with Crippen LogP contribution in [0.2, 0.25) is 0 Å². The van der Waals surface area contributed by atoms with Crippen LogP contribution in [0.25, 0.3) is 0 Å². The second-order valence-corrected chi connectivity index (χ2v) is 5.98. The summed E-state index contributed by atoms with van der Waals surface area (Å²) < 4.78 is 0. The highest BCUT2D eigenvalue weighted by Gasteiger charge is 2.48. The molecule has 2 rings (SSSR count). The maximum Gasteiger partial charge on any atom is 0.263 e. The number of para-hydroxylation sites is 1. The number of anilines is 1.